The lowest BCUT2D eigenvalue weighted by molar-refractivity contribution is 0.628. The molecule has 4 heteroatoms. The second-order valence-corrected chi connectivity index (χ2v) is 2.73. The topological polar surface area (TPSA) is 37.8 Å². The zero-order chi connectivity index (χ0) is 9.80. The van der Waals surface area contributed by atoms with Crippen molar-refractivity contribution in [2.24, 2.45) is 0 Å². The van der Waals surface area contributed by atoms with E-state index in [1.807, 2.05) is 0 Å². The molecule has 1 N–H and O–H groups in total. The Balaban J connectivity index is 2.19. The van der Waals surface area contributed by atoms with E-state index in [2.05, 4.69) is 15.3 Å². The van der Waals surface area contributed by atoms with Gasteiger partial charge in [0.25, 0.3) is 0 Å². The van der Waals surface area contributed by atoms with Crippen LogP contribution in [-0.4, -0.2) is 9.97 Å². The summed E-state index contributed by atoms with van der Waals surface area (Å²) >= 11 is 0. The monoisotopic (exact) mass is 189 g/mol. The second-order valence-electron chi connectivity index (χ2n) is 2.73. The predicted octanol–water partition coefficient (Wildman–Crippen LogP) is 2.36. The van der Waals surface area contributed by atoms with Crippen LogP contribution in [0.25, 0.3) is 0 Å². The van der Waals surface area contributed by atoms with Crippen molar-refractivity contribution in [3.63, 3.8) is 0 Å². The first-order chi connectivity index (χ1) is 6.84. The summed E-state index contributed by atoms with van der Waals surface area (Å²) in [5, 5.41) is 2.93. The molecule has 1 aromatic heterocycles. The summed E-state index contributed by atoms with van der Waals surface area (Å²) in [6.07, 6.45) is 4.73. The Morgan fingerprint density at radius 1 is 1.21 bits per heavy atom. The van der Waals surface area contributed by atoms with Crippen molar-refractivity contribution in [3.05, 3.63) is 48.7 Å². The molecule has 0 atom stereocenters. The number of hydrogen-bond donors (Lipinski definition) is 1. The fourth-order valence-corrected chi connectivity index (χ4v) is 1.08. The summed E-state index contributed by atoms with van der Waals surface area (Å²) in [5.41, 5.74) is 0.658. The lowest BCUT2D eigenvalue weighted by Gasteiger charge is -2.03. The third-order valence-electron chi connectivity index (χ3n) is 1.66. The molecule has 0 aliphatic heterocycles. The molecule has 0 fully saturated rings. The molecular weight excluding hydrogens is 181 g/mol. The fourth-order valence-electron chi connectivity index (χ4n) is 1.08. The maximum Gasteiger partial charge on any atom is 0.148 e. The van der Waals surface area contributed by atoms with Gasteiger partial charge in [0, 0.05) is 18.1 Å². The minimum Gasteiger partial charge on any atom is -0.339 e. The predicted molar refractivity (Wildman–Crippen MR) is 51.7 cm³/mol. The lowest BCUT2D eigenvalue weighted by atomic mass is 10.3. The lowest BCUT2D eigenvalue weighted by Crippen LogP contribution is -1.93. The van der Waals surface area contributed by atoms with Gasteiger partial charge in [0.15, 0.2) is 0 Å². The molecule has 0 unspecified atom stereocenters. The Hall–Kier alpha value is -1.97. The molecule has 0 saturated carbocycles. The third kappa shape index (κ3) is 2.04. The van der Waals surface area contributed by atoms with Gasteiger partial charge in [0.1, 0.15) is 11.6 Å². The highest BCUT2D eigenvalue weighted by molar-refractivity contribution is 5.54. The largest absolute Gasteiger partial charge is 0.339 e. The number of benzene rings is 1. The molecule has 0 aliphatic rings. The molecular formula is C10H8FN3. The molecule has 0 amide bonds. The van der Waals surface area contributed by atoms with Gasteiger partial charge in [-0.2, -0.15) is 0 Å². The standard InChI is InChI=1S/C10H8FN3/c11-8-2-1-3-9(6-8)14-10-7-12-4-5-13-10/h1-7H,(H,13,14). The van der Waals surface area contributed by atoms with E-state index in [9.17, 15) is 4.39 Å². The van der Waals surface area contributed by atoms with Crippen LogP contribution in [0.2, 0.25) is 0 Å². The number of rotatable bonds is 2. The molecule has 70 valence electrons. The van der Waals surface area contributed by atoms with E-state index >= 15 is 0 Å². The van der Waals surface area contributed by atoms with Crippen LogP contribution < -0.4 is 5.32 Å². The van der Waals surface area contributed by atoms with Crippen molar-refractivity contribution in [3.8, 4) is 0 Å². The quantitative estimate of drug-likeness (QED) is 0.788. The highest BCUT2D eigenvalue weighted by Crippen LogP contribution is 2.13. The second kappa shape index (κ2) is 3.83. The van der Waals surface area contributed by atoms with E-state index < -0.39 is 0 Å². The Morgan fingerprint density at radius 3 is 2.86 bits per heavy atom. The van der Waals surface area contributed by atoms with E-state index in [4.69, 9.17) is 0 Å². The smallest absolute Gasteiger partial charge is 0.148 e. The van der Waals surface area contributed by atoms with Crippen LogP contribution in [0, 0.1) is 5.82 Å². The van der Waals surface area contributed by atoms with Crippen LogP contribution in [0.3, 0.4) is 0 Å². The van der Waals surface area contributed by atoms with Gasteiger partial charge in [-0.15, -0.1) is 0 Å². The molecule has 0 radical (unpaired) electrons. The first-order valence-corrected chi connectivity index (χ1v) is 4.13. The number of aromatic nitrogens is 2. The van der Waals surface area contributed by atoms with Crippen molar-refractivity contribution in [1.29, 1.82) is 0 Å². The molecule has 0 aliphatic carbocycles. The van der Waals surface area contributed by atoms with Gasteiger partial charge < -0.3 is 5.32 Å². The van der Waals surface area contributed by atoms with Crippen molar-refractivity contribution < 1.29 is 4.39 Å². The van der Waals surface area contributed by atoms with Crippen LogP contribution in [0.4, 0.5) is 15.9 Å². The van der Waals surface area contributed by atoms with Gasteiger partial charge in [-0.05, 0) is 18.2 Å². The highest BCUT2D eigenvalue weighted by atomic mass is 19.1. The van der Waals surface area contributed by atoms with Gasteiger partial charge in [-0.1, -0.05) is 6.07 Å². The van der Waals surface area contributed by atoms with Gasteiger partial charge in [-0.3, -0.25) is 4.98 Å². The van der Waals surface area contributed by atoms with Crippen molar-refractivity contribution >= 4 is 11.5 Å². The average Bonchev–Trinajstić information content (AvgIpc) is 2.19. The summed E-state index contributed by atoms with van der Waals surface area (Å²) in [5.74, 6) is 0.317. The summed E-state index contributed by atoms with van der Waals surface area (Å²) in [6.45, 7) is 0. The van der Waals surface area contributed by atoms with Gasteiger partial charge in [-0.25, -0.2) is 9.37 Å². The molecule has 2 aromatic rings. The molecule has 3 nitrogen and oxygen atoms in total. The van der Waals surface area contributed by atoms with E-state index in [0.29, 0.717) is 11.5 Å². The zero-order valence-corrected chi connectivity index (χ0v) is 7.31. The zero-order valence-electron chi connectivity index (χ0n) is 7.31. The van der Waals surface area contributed by atoms with Crippen LogP contribution in [0.1, 0.15) is 0 Å². The molecule has 14 heavy (non-hydrogen) atoms. The molecule has 2 rings (SSSR count). The fraction of sp³-hybridized carbons (Fsp3) is 0. The van der Waals surface area contributed by atoms with Crippen molar-refractivity contribution in [2.45, 2.75) is 0 Å². The van der Waals surface area contributed by atoms with Crippen molar-refractivity contribution in [1.82, 2.24) is 9.97 Å². The first-order valence-electron chi connectivity index (χ1n) is 4.13. The Labute approximate surface area is 80.6 Å². The molecule has 0 spiro atoms. The number of nitrogens with one attached hydrogen (secondary N) is 1. The Morgan fingerprint density at radius 2 is 2.14 bits per heavy atom. The Kier molecular flexibility index (Phi) is 2.36. The normalized spacial score (nSPS) is 9.79. The minimum atomic E-state index is -0.279. The molecule has 1 aromatic carbocycles. The summed E-state index contributed by atoms with van der Waals surface area (Å²) in [7, 11) is 0. The summed E-state index contributed by atoms with van der Waals surface area (Å²) in [4.78, 5) is 7.89. The number of anilines is 2. The minimum absolute atomic E-state index is 0.279. The van der Waals surface area contributed by atoms with E-state index in [1.165, 1.54) is 12.1 Å². The van der Waals surface area contributed by atoms with E-state index in [0.717, 1.165) is 0 Å². The van der Waals surface area contributed by atoms with Crippen LogP contribution in [-0.2, 0) is 0 Å². The van der Waals surface area contributed by atoms with Crippen molar-refractivity contribution in [2.75, 3.05) is 5.32 Å². The molecule has 0 bridgehead atoms. The first kappa shape index (κ1) is 8.62. The molecule has 0 saturated heterocycles. The average molecular weight is 189 g/mol. The van der Waals surface area contributed by atoms with Crippen LogP contribution >= 0.6 is 0 Å². The Bertz CT molecular complexity index is 417. The SMILES string of the molecule is Fc1cccc(Nc2cnccn2)c1. The summed E-state index contributed by atoms with van der Waals surface area (Å²) < 4.78 is 12.8. The van der Waals surface area contributed by atoms with Gasteiger partial charge in [0.2, 0.25) is 0 Å². The molecule has 1 heterocycles. The summed E-state index contributed by atoms with van der Waals surface area (Å²) in [6, 6.07) is 6.18. The van der Waals surface area contributed by atoms with Crippen LogP contribution in [0.15, 0.2) is 42.9 Å². The maximum atomic E-state index is 12.8. The number of hydrogen-bond acceptors (Lipinski definition) is 3. The van der Waals surface area contributed by atoms with E-state index in [-0.39, 0.29) is 5.82 Å². The third-order valence-corrected chi connectivity index (χ3v) is 1.66. The highest BCUT2D eigenvalue weighted by Gasteiger charge is 1.96. The van der Waals surface area contributed by atoms with Crippen LogP contribution in [0.5, 0.6) is 0 Å². The van der Waals surface area contributed by atoms with Gasteiger partial charge in [0.05, 0.1) is 6.20 Å². The van der Waals surface area contributed by atoms with E-state index in [1.54, 1.807) is 30.7 Å². The number of halogens is 1. The maximum absolute atomic E-state index is 12.8. The van der Waals surface area contributed by atoms with Gasteiger partial charge >= 0.3 is 0 Å². The number of nitrogens with zero attached hydrogens (tertiary/aromatic N) is 2.